The van der Waals surface area contributed by atoms with E-state index in [0.717, 1.165) is 27.3 Å². The van der Waals surface area contributed by atoms with Crippen LogP contribution in [0.25, 0.3) is 11.3 Å². The molecule has 3 heterocycles. The lowest BCUT2D eigenvalue weighted by Gasteiger charge is -2.21. The molecule has 0 saturated carbocycles. The number of furan rings is 1. The highest BCUT2D eigenvalue weighted by atomic mass is 79.9. The summed E-state index contributed by atoms with van der Waals surface area (Å²) >= 11 is 9.10. The maximum absolute atomic E-state index is 6.25. The molecule has 26 heavy (non-hydrogen) atoms. The maximum atomic E-state index is 6.25. The van der Waals surface area contributed by atoms with E-state index in [9.17, 15) is 0 Å². The number of aromatic nitrogens is 1. The number of aryl methyl sites for hydroxylation is 1. The highest BCUT2D eigenvalue weighted by Crippen LogP contribution is 2.40. The van der Waals surface area contributed by atoms with Crippen LogP contribution >= 0.6 is 28.1 Å². The lowest BCUT2D eigenvalue weighted by molar-refractivity contribution is 0.310. The van der Waals surface area contributed by atoms with E-state index in [-0.39, 0.29) is 12.1 Å². The molecule has 0 spiro atoms. The van der Waals surface area contributed by atoms with E-state index in [2.05, 4.69) is 51.4 Å². The molecular weight excluding hydrogens is 410 g/mol. The van der Waals surface area contributed by atoms with Crippen molar-refractivity contribution in [2.45, 2.75) is 19.0 Å². The summed E-state index contributed by atoms with van der Waals surface area (Å²) in [4.78, 5) is 6.53. The molecule has 0 aliphatic carbocycles. The highest BCUT2D eigenvalue weighted by Gasteiger charge is 2.39. The van der Waals surface area contributed by atoms with Gasteiger partial charge in [0, 0.05) is 23.3 Å². The third-order valence-electron chi connectivity index (χ3n) is 4.65. The fraction of sp³-hybridized carbons (Fsp3) is 0.200. The molecule has 1 aliphatic heterocycles. The van der Waals surface area contributed by atoms with Crippen molar-refractivity contribution < 1.29 is 4.42 Å². The third kappa shape index (κ3) is 3.04. The van der Waals surface area contributed by atoms with Gasteiger partial charge >= 0.3 is 0 Å². The van der Waals surface area contributed by atoms with Gasteiger partial charge < -0.3 is 14.6 Å². The summed E-state index contributed by atoms with van der Waals surface area (Å²) in [6.45, 7) is 2.07. The summed E-state index contributed by atoms with van der Waals surface area (Å²) in [6.07, 6.45) is 1.80. The van der Waals surface area contributed by atoms with Crippen molar-refractivity contribution in [2.75, 3.05) is 7.05 Å². The molecule has 1 aromatic carbocycles. The second kappa shape index (κ2) is 6.85. The smallest absolute Gasteiger partial charge is 0.170 e. The summed E-state index contributed by atoms with van der Waals surface area (Å²) in [5, 5.41) is 4.06. The van der Waals surface area contributed by atoms with Crippen LogP contribution in [-0.4, -0.2) is 22.0 Å². The van der Waals surface area contributed by atoms with Gasteiger partial charge in [-0.05, 0) is 61.1 Å². The topological polar surface area (TPSA) is 41.3 Å². The number of nitrogens with one attached hydrogen (secondary N) is 1. The number of nitrogens with zero attached hydrogens (tertiary/aromatic N) is 2. The van der Waals surface area contributed by atoms with Crippen LogP contribution in [0.4, 0.5) is 0 Å². The average molecular weight is 428 g/mol. The van der Waals surface area contributed by atoms with E-state index < -0.39 is 0 Å². The van der Waals surface area contributed by atoms with E-state index in [0.29, 0.717) is 5.11 Å². The first-order chi connectivity index (χ1) is 12.5. The van der Waals surface area contributed by atoms with E-state index in [1.807, 2.05) is 42.3 Å². The van der Waals surface area contributed by atoms with Crippen LogP contribution in [-0.2, 0) is 0 Å². The van der Waals surface area contributed by atoms with Gasteiger partial charge in [0.05, 0.1) is 11.7 Å². The SMILES string of the molecule is Cc1ccc(-c2ccc([C@H]3[C@H](c4ccccn4)NC(=S)N3C)o2)c(Br)c1. The minimum Gasteiger partial charge on any atom is -0.459 e. The van der Waals surface area contributed by atoms with E-state index in [1.54, 1.807) is 6.20 Å². The second-order valence-electron chi connectivity index (χ2n) is 6.42. The number of pyridine rings is 1. The quantitative estimate of drug-likeness (QED) is 0.594. The first-order valence-electron chi connectivity index (χ1n) is 8.35. The van der Waals surface area contributed by atoms with Gasteiger partial charge in [-0.3, -0.25) is 4.98 Å². The fourth-order valence-electron chi connectivity index (χ4n) is 3.29. The number of thiocarbonyl (C=S) groups is 1. The Morgan fingerprint density at radius 1 is 1.19 bits per heavy atom. The zero-order valence-corrected chi connectivity index (χ0v) is 16.8. The molecule has 1 aliphatic rings. The van der Waals surface area contributed by atoms with Crippen molar-refractivity contribution in [3.63, 3.8) is 0 Å². The standard InChI is InChI=1S/C20H18BrN3OS/c1-12-6-7-13(14(21)11-12)16-8-9-17(25-16)19-18(23-20(26)24(19)2)15-5-3-4-10-22-15/h3-11,18-19H,1-2H3,(H,23,26)/t18-,19-/m0/s1. The predicted molar refractivity (Wildman–Crippen MR) is 110 cm³/mol. The van der Waals surface area contributed by atoms with Gasteiger partial charge in [-0.15, -0.1) is 0 Å². The third-order valence-corrected chi connectivity index (χ3v) is 5.71. The molecule has 4 rings (SSSR count). The number of hydrogen-bond donors (Lipinski definition) is 1. The molecule has 1 saturated heterocycles. The largest absolute Gasteiger partial charge is 0.459 e. The Hall–Kier alpha value is -2.18. The van der Waals surface area contributed by atoms with Crippen molar-refractivity contribution in [3.05, 3.63) is 76.2 Å². The number of hydrogen-bond acceptors (Lipinski definition) is 3. The lowest BCUT2D eigenvalue weighted by atomic mass is 10.0. The van der Waals surface area contributed by atoms with Gasteiger partial charge in [-0.1, -0.05) is 28.1 Å². The fourth-order valence-corrected chi connectivity index (χ4v) is 4.22. The zero-order chi connectivity index (χ0) is 18.3. The first-order valence-corrected chi connectivity index (χ1v) is 9.55. The van der Waals surface area contributed by atoms with Crippen LogP contribution in [0.15, 0.2) is 63.6 Å². The molecular formula is C20H18BrN3OS. The molecule has 0 radical (unpaired) electrons. The van der Waals surface area contributed by atoms with Gasteiger partial charge in [0.1, 0.15) is 17.6 Å². The Bertz CT molecular complexity index is 957. The van der Waals surface area contributed by atoms with Crippen LogP contribution in [0.3, 0.4) is 0 Å². The van der Waals surface area contributed by atoms with Crippen molar-refractivity contribution in [1.82, 2.24) is 15.2 Å². The summed E-state index contributed by atoms with van der Waals surface area (Å²) in [7, 11) is 1.98. The number of benzene rings is 1. The zero-order valence-electron chi connectivity index (χ0n) is 14.4. The molecule has 4 nitrogen and oxygen atoms in total. The molecule has 1 fully saturated rings. The average Bonchev–Trinajstić information content (AvgIpc) is 3.21. The Labute approximate surface area is 166 Å². The number of rotatable bonds is 3. The minimum atomic E-state index is -0.0471. The molecule has 2 atom stereocenters. The molecule has 0 bridgehead atoms. The van der Waals surface area contributed by atoms with Crippen LogP contribution in [0.2, 0.25) is 0 Å². The first kappa shape index (κ1) is 17.2. The van der Waals surface area contributed by atoms with Crippen molar-refractivity contribution in [2.24, 2.45) is 0 Å². The Morgan fingerprint density at radius 2 is 2.04 bits per heavy atom. The lowest BCUT2D eigenvalue weighted by Crippen LogP contribution is -2.24. The molecule has 0 amide bonds. The van der Waals surface area contributed by atoms with Gasteiger partial charge in [0.2, 0.25) is 0 Å². The predicted octanol–water partition coefficient (Wildman–Crippen LogP) is 5.01. The van der Waals surface area contributed by atoms with Crippen molar-refractivity contribution in [3.8, 4) is 11.3 Å². The monoisotopic (exact) mass is 427 g/mol. The van der Waals surface area contributed by atoms with E-state index in [4.69, 9.17) is 16.6 Å². The van der Waals surface area contributed by atoms with Gasteiger partial charge in [0.25, 0.3) is 0 Å². The van der Waals surface area contributed by atoms with Gasteiger partial charge in [0.15, 0.2) is 5.11 Å². The summed E-state index contributed by atoms with van der Waals surface area (Å²) in [5.41, 5.74) is 3.18. The maximum Gasteiger partial charge on any atom is 0.170 e. The van der Waals surface area contributed by atoms with Gasteiger partial charge in [-0.25, -0.2) is 0 Å². The molecule has 0 unspecified atom stereocenters. The van der Waals surface area contributed by atoms with Crippen LogP contribution in [0.5, 0.6) is 0 Å². The Kier molecular flexibility index (Phi) is 4.54. The Balaban J connectivity index is 1.72. The molecule has 1 N–H and O–H groups in total. The number of halogens is 1. The summed E-state index contributed by atoms with van der Waals surface area (Å²) in [6, 6.07) is 16.1. The molecule has 3 aromatic rings. The normalized spacial score (nSPS) is 19.7. The van der Waals surface area contributed by atoms with E-state index >= 15 is 0 Å². The van der Waals surface area contributed by atoms with Crippen molar-refractivity contribution in [1.29, 1.82) is 0 Å². The summed E-state index contributed by atoms with van der Waals surface area (Å²) < 4.78 is 7.27. The Morgan fingerprint density at radius 3 is 2.77 bits per heavy atom. The molecule has 2 aromatic heterocycles. The van der Waals surface area contributed by atoms with Crippen LogP contribution < -0.4 is 5.32 Å². The molecule has 6 heteroatoms. The number of likely N-dealkylation sites (N-methyl/N-ethyl adjacent to an activating group) is 1. The van der Waals surface area contributed by atoms with Crippen LogP contribution in [0, 0.1) is 6.92 Å². The van der Waals surface area contributed by atoms with Gasteiger partial charge in [-0.2, -0.15) is 0 Å². The summed E-state index contributed by atoms with van der Waals surface area (Å²) in [5.74, 6) is 1.69. The van der Waals surface area contributed by atoms with E-state index in [1.165, 1.54) is 5.56 Å². The minimum absolute atomic E-state index is 0.0460. The van der Waals surface area contributed by atoms with Crippen molar-refractivity contribution >= 4 is 33.3 Å². The second-order valence-corrected chi connectivity index (χ2v) is 7.66. The molecule has 132 valence electrons. The van der Waals surface area contributed by atoms with Crippen LogP contribution in [0.1, 0.15) is 29.1 Å². The highest BCUT2D eigenvalue weighted by molar-refractivity contribution is 9.10.